The molecular weight excluding hydrogens is 876 g/mol. The number of pyridine rings is 1. The molecule has 0 radical (unpaired) electrons. The molecule has 7 heteroatoms. The Morgan fingerprint density at radius 1 is 0.649 bits per heavy atom. The summed E-state index contributed by atoms with van der Waals surface area (Å²) < 4.78 is 6.74. The van der Waals surface area contributed by atoms with E-state index in [1.807, 2.05) is 18.2 Å². The van der Waals surface area contributed by atoms with Crippen molar-refractivity contribution in [2.75, 3.05) is 4.81 Å². The SMILES string of the molecule is Cc1cccc(C)c1B(N(c1cc(C(C)(C)C)cc(-n2c3[c-]cccc3c3ccccc32)n1)c1c(C)cccc1C)[n+]1[c-]n(-c2[c-]cccc2)c2ccccc21.[Pt]. The molecule has 0 bridgehead atoms. The number of rotatable bonds is 7. The molecule has 3 heterocycles. The van der Waals surface area contributed by atoms with Gasteiger partial charge in [-0.15, -0.1) is 5.39 Å². The Morgan fingerprint density at radius 2 is 1.28 bits per heavy atom. The summed E-state index contributed by atoms with van der Waals surface area (Å²) in [5.74, 6) is 1.70. The summed E-state index contributed by atoms with van der Waals surface area (Å²) in [6, 6.07) is 56.4. The second-order valence-electron chi connectivity index (χ2n) is 15.9. The fraction of sp³-hybridized carbons (Fsp3) is 0.160. The number of benzene rings is 6. The molecule has 0 saturated heterocycles. The van der Waals surface area contributed by atoms with Gasteiger partial charge in [0.2, 0.25) is 6.33 Å². The quantitative estimate of drug-likeness (QED) is 0.118. The van der Waals surface area contributed by atoms with Crippen LogP contribution in [0, 0.1) is 46.2 Å². The maximum Gasteiger partial charge on any atom is 0.525 e. The first-order valence-electron chi connectivity index (χ1n) is 19.4. The Hall–Kier alpha value is -5.71. The van der Waals surface area contributed by atoms with Gasteiger partial charge in [-0.3, -0.25) is 0 Å². The molecule has 0 saturated carbocycles. The first-order chi connectivity index (χ1) is 27.1. The molecule has 9 rings (SSSR count). The Morgan fingerprint density at radius 3 is 1.98 bits per heavy atom. The van der Waals surface area contributed by atoms with Crippen LogP contribution in [0.3, 0.4) is 0 Å². The van der Waals surface area contributed by atoms with Crippen LogP contribution in [0.4, 0.5) is 11.5 Å². The van der Waals surface area contributed by atoms with Crippen molar-refractivity contribution in [1.82, 2.24) is 14.1 Å². The van der Waals surface area contributed by atoms with E-state index in [4.69, 9.17) is 4.98 Å². The van der Waals surface area contributed by atoms with Crippen molar-refractivity contribution in [3.05, 3.63) is 186 Å². The molecule has 0 atom stereocenters. The minimum atomic E-state index is -0.383. The topological polar surface area (TPSA) is 29.9 Å². The van der Waals surface area contributed by atoms with E-state index < -0.39 is 0 Å². The van der Waals surface area contributed by atoms with Gasteiger partial charge in [0.05, 0.1) is 5.52 Å². The molecule has 0 aliphatic rings. The number of aryl methyl sites for hydroxylation is 4. The fourth-order valence-electron chi connectivity index (χ4n) is 8.38. The van der Waals surface area contributed by atoms with Crippen LogP contribution in [0.1, 0.15) is 48.6 Å². The zero-order chi connectivity index (χ0) is 38.7. The van der Waals surface area contributed by atoms with Crippen LogP contribution in [0.25, 0.3) is 44.3 Å². The van der Waals surface area contributed by atoms with Gasteiger partial charge in [0.15, 0.2) is 0 Å². The van der Waals surface area contributed by atoms with Gasteiger partial charge in [-0.05, 0) is 84.5 Å². The number of aromatic nitrogens is 4. The van der Waals surface area contributed by atoms with Gasteiger partial charge in [-0.2, -0.15) is 54.6 Å². The Kier molecular flexibility index (Phi) is 10.0. The standard InChI is InChI=1S/C50H44BN5.Pt/c1-34-19-17-20-35(2)48(34)51(54-33-53(39-23-9-8-10-24-39)44-29-15-16-30-45(44)54)56(49-36(3)21-18-22-37(49)4)47-32-38(50(5,6)7)31-46(52-47)55-42-27-13-11-25-40(42)41-26-12-14-28-43(41)55;/h8-23,25-27,29-32H,1-7H3;/q-2;. The maximum absolute atomic E-state index is 5.75. The summed E-state index contributed by atoms with van der Waals surface area (Å²) in [4.78, 5) is 8.22. The van der Waals surface area contributed by atoms with Gasteiger partial charge in [0.25, 0.3) is 0 Å². The molecule has 0 aliphatic carbocycles. The molecule has 0 spiro atoms. The van der Waals surface area contributed by atoms with E-state index in [1.165, 1.54) is 27.5 Å². The molecule has 57 heavy (non-hydrogen) atoms. The summed E-state index contributed by atoms with van der Waals surface area (Å²) in [5.41, 5.74) is 13.2. The normalized spacial score (nSPS) is 11.6. The van der Waals surface area contributed by atoms with Crippen LogP contribution >= 0.6 is 0 Å². The maximum atomic E-state index is 5.75. The molecule has 0 aliphatic heterocycles. The zero-order valence-electron chi connectivity index (χ0n) is 33.4. The zero-order valence-corrected chi connectivity index (χ0v) is 35.7. The average Bonchev–Trinajstić information content (AvgIpc) is 3.74. The van der Waals surface area contributed by atoms with Crippen LogP contribution in [-0.4, -0.2) is 21.1 Å². The predicted octanol–water partition coefficient (Wildman–Crippen LogP) is 10.4. The van der Waals surface area contributed by atoms with E-state index >= 15 is 0 Å². The van der Waals surface area contributed by atoms with Crippen LogP contribution in [0.5, 0.6) is 0 Å². The average molecular weight is 921 g/mol. The largest absolute Gasteiger partial charge is 0.525 e. The van der Waals surface area contributed by atoms with Crippen molar-refractivity contribution in [3.8, 4) is 11.5 Å². The van der Waals surface area contributed by atoms with E-state index in [9.17, 15) is 0 Å². The molecule has 0 unspecified atom stereocenters. The summed E-state index contributed by atoms with van der Waals surface area (Å²) in [6.07, 6.45) is 3.88. The second kappa shape index (κ2) is 15.0. The number of nitrogens with zero attached hydrogens (tertiary/aromatic N) is 5. The number of fused-ring (bicyclic) bond motifs is 4. The van der Waals surface area contributed by atoms with Crippen LogP contribution in [-0.2, 0) is 26.5 Å². The van der Waals surface area contributed by atoms with Crippen molar-refractivity contribution in [3.63, 3.8) is 0 Å². The molecule has 0 fully saturated rings. The van der Waals surface area contributed by atoms with Gasteiger partial charge >= 0.3 is 6.98 Å². The Balaban J connectivity index is 0.00000455. The Labute approximate surface area is 350 Å². The minimum Gasteiger partial charge on any atom is -0.355 e. The van der Waals surface area contributed by atoms with Crippen LogP contribution < -0.4 is 14.8 Å². The van der Waals surface area contributed by atoms with Crippen molar-refractivity contribution >= 4 is 56.8 Å². The van der Waals surface area contributed by atoms with E-state index in [1.54, 1.807) is 0 Å². The third-order valence-corrected chi connectivity index (χ3v) is 11.1. The van der Waals surface area contributed by atoms with Crippen LogP contribution in [0.2, 0.25) is 0 Å². The molecule has 6 aromatic carbocycles. The van der Waals surface area contributed by atoms with Gasteiger partial charge < -0.3 is 18.4 Å². The summed E-state index contributed by atoms with van der Waals surface area (Å²) in [5, 5.41) is 2.34. The molecule has 9 aromatic rings. The van der Waals surface area contributed by atoms with Gasteiger partial charge in [-0.1, -0.05) is 111 Å². The number of para-hydroxylation sites is 6. The smallest absolute Gasteiger partial charge is 0.355 e. The number of imidazole rings is 1. The van der Waals surface area contributed by atoms with E-state index in [-0.39, 0.29) is 33.5 Å². The second-order valence-corrected chi connectivity index (χ2v) is 15.9. The van der Waals surface area contributed by atoms with Gasteiger partial charge in [-0.25, -0.2) is 4.98 Å². The summed E-state index contributed by atoms with van der Waals surface area (Å²) in [6.45, 7) is 15.3. The van der Waals surface area contributed by atoms with Crippen molar-refractivity contribution in [2.45, 2.75) is 53.9 Å². The van der Waals surface area contributed by atoms with Gasteiger partial charge in [0.1, 0.15) is 11.6 Å². The number of anilines is 2. The molecule has 5 nitrogen and oxygen atoms in total. The summed E-state index contributed by atoms with van der Waals surface area (Å²) >= 11 is 0. The minimum absolute atomic E-state index is 0. The van der Waals surface area contributed by atoms with E-state index in [2.05, 4.69) is 207 Å². The van der Waals surface area contributed by atoms with Crippen molar-refractivity contribution < 1.29 is 25.5 Å². The Bertz CT molecular complexity index is 2830. The molecule has 284 valence electrons. The number of hydrogen-bond donors (Lipinski definition) is 0. The molecule has 3 aromatic heterocycles. The van der Waals surface area contributed by atoms with E-state index in [0.29, 0.717) is 0 Å². The third kappa shape index (κ3) is 6.60. The monoisotopic (exact) mass is 920 g/mol. The van der Waals surface area contributed by atoms with Crippen LogP contribution in [0.15, 0.2) is 140 Å². The van der Waals surface area contributed by atoms with E-state index in [0.717, 1.165) is 61.6 Å². The predicted molar refractivity (Wildman–Crippen MR) is 232 cm³/mol. The third-order valence-electron chi connectivity index (χ3n) is 11.1. The first kappa shape index (κ1) is 38.2. The van der Waals surface area contributed by atoms with Gasteiger partial charge in [0, 0.05) is 43.2 Å². The van der Waals surface area contributed by atoms with Crippen molar-refractivity contribution in [1.29, 1.82) is 0 Å². The van der Waals surface area contributed by atoms with Crippen molar-refractivity contribution in [2.24, 2.45) is 0 Å². The molecule has 0 N–H and O–H groups in total. The first-order valence-corrected chi connectivity index (χ1v) is 19.4. The summed E-state index contributed by atoms with van der Waals surface area (Å²) in [7, 11) is 0. The molecular formula is C50H44BN5Pt-2. The molecule has 0 amide bonds. The number of hydrogen-bond acceptors (Lipinski definition) is 2. The fourth-order valence-corrected chi connectivity index (χ4v) is 8.38.